The summed E-state index contributed by atoms with van der Waals surface area (Å²) in [6.45, 7) is 5.18. The third-order valence-electron chi connectivity index (χ3n) is 5.19. The molecule has 168 valence electrons. The number of amides is 1. The molecule has 1 fully saturated rings. The molecule has 0 spiro atoms. The number of piperidine rings is 1. The van der Waals surface area contributed by atoms with Crippen LogP contribution < -0.4 is 5.73 Å². The fraction of sp³-hybridized carbons (Fsp3) is 0.364. The second-order valence-corrected chi connectivity index (χ2v) is 7.72. The second kappa shape index (κ2) is 10.5. The number of rotatable bonds is 4. The van der Waals surface area contributed by atoms with E-state index in [0.29, 0.717) is 36.1 Å². The molecule has 1 amide bonds. The first-order chi connectivity index (χ1) is 15.4. The predicted molar refractivity (Wildman–Crippen MR) is 117 cm³/mol. The maximum absolute atomic E-state index is 12.9. The fourth-order valence-corrected chi connectivity index (χ4v) is 3.46. The molecule has 2 aromatic heterocycles. The molecule has 32 heavy (non-hydrogen) atoms. The van der Waals surface area contributed by atoms with Crippen LogP contribution in [0.4, 0.5) is 5.82 Å². The molecule has 3 N–H and O–H groups in total. The van der Waals surface area contributed by atoms with Crippen molar-refractivity contribution in [3.05, 3.63) is 53.9 Å². The Morgan fingerprint density at radius 3 is 2.41 bits per heavy atom. The summed E-state index contributed by atoms with van der Waals surface area (Å²) in [5, 5.41) is 10.9. The van der Waals surface area contributed by atoms with Crippen molar-refractivity contribution in [2.24, 2.45) is 0 Å². The van der Waals surface area contributed by atoms with Gasteiger partial charge in [-0.15, -0.1) is 0 Å². The van der Waals surface area contributed by atoms with Crippen LogP contribution in [0.5, 0.6) is 0 Å². The molecule has 0 saturated carbocycles. The van der Waals surface area contributed by atoms with E-state index in [4.69, 9.17) is 20.2 Å². The lowest BCUT2D eigenvalue weighted by Crippen LogP contribution is -2.38. The molecule has 3 aromatic rings. The molecule has 10 nitrogen and oxygen atoms in total. The summed E-state index contributed by atoms with van der Waals surface area (Å²) in [7, 11) is 0. The van der Waals surface area contributed by atoms with E-state index in [1.165, 1.54) is 6.20 Å². The lowest BCUT2D eigenvalue weighted by atomic mass is 9.96. The van der Waals surface area contributed by atoms with Crippen molar-refractivity contribution in [3.63, 3.8) is 0 Å². The quantitative estimate of drug-likeness (QED) is 0.586. The maximum Gasteiger partial charge on any atom is 0.290 e. The third kappa shape index (κ3) is 5.45. The molecule has 3 heterocycles. The van der Waals surface area contributed by atoms with Gasteiger partial charge in [-0.3, -0.25) is 14.6 Å². The summed E-state index contributed by atoms with van der Waals surface area (Å²) in [6, 6.07) is 7.38. The van der Waals surface area contributed by atoms with Crippen LogP contribution in [-0.2, 0) is 4.79 Å². The number of hydrogen-bond donors (Lipinski definition) is 2. The van der Waals surface area contributed by atoms with Crippen LogP contribution in [-0.4, -0.2) is 55.6 Å². The van der Waals surface area contributed by atoms with E-state index < -0.39 is 0 Å². The minimum Gasteiger partial charge on any atom is -0.483 e. The average Bonchev–Trinajstić information content (AvgIpc) is 3.30. The molecule has 4 rings (SSSR count). The van der Waals surface area contributed by atoms with Gasteiger partial charge in [0.05, 0.1) is 18.1 Å². The van der Waals surface area contributed by atoms with Crippen molar-refractivity contribution in [1.29, 1.82) is 0 Å². The van der Waals surface area contributed by atoms with Crippen molar-refractivity contribution >= 4 is 18.2 Å². The van der Waals surface area contributed by atoms with Gasteiger partial charge in [0, 0.05) is 36.1 Å². The highest BCUT2D eigenvalue weighted by Gasteiger charge is 2.28. The molecular weight excluding hydrogens is 412 g/mol. The number of aromatic nitrogens is 4. The predicted octanol–water partition coefficient (Wildman–Crippen LogP) is 2.95. The zero-order valence-electron chi connectivity index (χ0n) is 18.0. The van der Waals surface area contributed by atoms with Crippen molar-refractivity contribution in [2.45, 2.75) is 38.5 Å². The Morgan fingerprint density at radius 1 is 1.19 bits per heavy atom. The first-order valence-corrected chi connectivity index (χ1v) is 10.3. The number of anilines is 1. The molecule has 0 radical (unpaired) electrons. The van der Waals surface area contributed by atoms with Crippen molar-refractivity contribution in [1.82, 2.24) is 25.0 Å². The number of nitrogens with two attached hydrogens (primary N) is 1. The van der Waals surface area contributed by atoms with E-state index >= 15 is 0 Å². The van der Waals surface area contributed by atoms with E-state index in [0.717, 1.165) is 24.2 Å². The normalized spacial score (nSPS) is 14.0. The minimum absolute atomic E-state index is 0.0297. The van der Waals surface area contributed by atoms with Gasteiger partial charge >= 0.3 is 0 Å². The molecule has 1 aliphatic heterocycles. The number of nitrogens with zero attached hydrogens (tertiary/aromatic N) is 5. The van der Waals surface area contributed by atoms with Gasteiger partial charge in [-0.1, -0.05) is 31.1 Å². The zero-order valence-corrected chi connectivity index (χ0v) is 18.0. The molecule has 1 saturated heterocycles. The van der Waals surface area contributed by atoms with E-state index in [1.807, 2.05) is 43.0 Å². The lowest BCUT2D eigenvalue weighted by molar-refractivity contribution is -0.122. The molecule has 1 aliphatic rings. The van der Waals surface area contributed by atoms with Crippen LogP contribution in [0, 0.1) is 0 Å². The number of likely N-dealkylation sites (tertiary alicyclic amines) is 1. The number of carbonyl (C=O) groups is 2. The van der Waals surface area contributed by atoms with Gasteiger partial charge < -0.3 is 20.3 Å². The first kappa shape index (κ1) is 22.9. The van der Waals surface area contributed by atoms with Crippen LogP contribution >= 0.6 is 0 Å². The highest BCUT2D eigenvalue weighted by molar-refractivity contribution is 5.94. The smallest absolute Gasteiger partial charge is 0.290 e. The van der Waals surface area contributed by atoms with Gasteiger partial charge in [0.1, 0.15) is 5.82 Å². The third-order valence-corrected chi connectivity index (χ3v) is 5.19. The van der Waals surface area contributed by atoms with E-state index in [9.17, 15) is 4.79 Å². The Balaban J connectivity index is 0.000000913. The monoisotopic (exact) mass is 438 g/mol. The summed E-state index contributed by atoms with van der Waals surface area (Å²) >= 11 is 0. The summed E-state index contributed by atoms with van der Waals surface area (Å²) < 4.78 is 5.42. The fourth-order valence-electron chi connectivity index (χ4n) is 3.46. The Morgan fingerprint density at radius 2 is 1.84 bits per heavy atom. The van der Waals surface area contributed by atoms with Crippen LogP contribution in [0.25, 0.3) is 11.3 Å². The molecule has 10 heteroatoms. The van der Waals surface area contributed by atoms with Crippen molar-refractivity contribution < 1.29 is 19.2 Å². The van der Waals surface area contributed by atoms with Gasteiger partial charge in [0.25, 0.3) is 12.4 Å². The Kier molecular flexibility index (Phi) is 7.48. The summed E-state index contributed by atoms with van der Waals surface area (Å²) in [4.78, 5) is 35.9. The van der Waals surface area contributed by atoms with Crippen molar-refractivity contribution in [2.75, 3.05) is 18.8 Å². The molecule has 0 unspecified atom stereocenters. The standard InChI is InChI=1S/C21H24N6O2.CH2O2/c1-13(2)19-25-20(29-26-19)15-7-9-27(10-8-15)21(28)16-5-3-14(4-6-16)17-11-23-12-18(22)24-17;2-1-3/h3-6,11-13,15H,7-10H2,1-2H3,(H2,22,24);1H,(H,2,3). The topological polar surface area (TPSA) is 148 Å². The van der Waals surface area contributed by atoms with Gasteiger partial charge in [-0.05, 0) is 25.0 Å². The number of carboxylic acid groups (broad SMARTS) is 1. The van der Waals surface area contributed by atoms with Crippen LogP contribution in [0.1, 0.15) is 60.6 Å². The van der Waals surface area contributed by atoms with Gasteiger partial charge in [-0.2, -0.15) is 4.98 Å². The van der Waals surface area contributed by atoms with E-state index in [-0.39, 0.29) is 24.2 Å². The van der Waals surface area contributed by atoms with Crippen LogP contribution in [0.15, 0.2) is 41.2 Å². The highest BCUT2D eigenvalue weighted by atomic mass is 16.5. The zero-order chi connectivity index (χ0) is 23.1. The highest BCUT2D eigenvalue weighted by Crippen LogP contribution is 2.28. The molecule has 0 aliphatic carbocycles. The summed E-state index contributed by atoms with van der Waals surface area (Å²) in [5.41, 5.74) is 7.91. The number of carbonyl (C=O) groups excluding carboxylic acids is 1. The number of hydrogen-bond acceptors (Lipinski definition) is 8. The van der Waals surface area contributed by atoms with E-state index in [1.54, 1.807) is 6.20 Å². The van der Waals surface area contributed by atoms with Gasteiger partial charge in [-0.25, -0.2) is 4.98 Å². The van der Waals surface area contributed by atoms with E-state index in [2.05, 4.69) is 20.1 Å². The molecular formula is C22H26N6O4. The molecule has 0 bridgehead atoms. The molecule has 1 aromatic carbocycles. The largest absolute Gasteiger partial charge is 0.483 e. The SMILES string of the molecule is CC(C)c1noc(C2CCN(C(=O)c3ccc(-c4cncc(N)n4)cc3)CC2)n1.O=CO. The maximum atomic E-state index is 12.9. The summed E-state index contributed by atoms with van der Waals surface area (Å²) in [5.74, 6) is 2.28. The number of nitrogen functional groups attached to an aromatic ring is 1. The van der Waals surface area contributed by atoms with Gasteiger partial charge in [0.2, 0.25) is 5.89 Å². The lowest BCUT2D eigenvalue weighted by Gasteiger charge is -2.30. The Hall–Kier alpha value is -3.82. The Labute approximate surface area is 185 Å². The minimum atomic E-state index is -0.250. The van der Waals surface area contributed by atoms with Crippen LogP contribution in [0.2, 0.25) is 0 Å². The molecule has 0 atom stereocenters. The van der Waals surface area contributed by atoms with Crippen molar-refractivity contribution in [3.8, 4) is 11.3 Å². The first-order valence-electron chi connectivity index (χ1n) is 10.3. The number of benzene rings is 1. The average molecular weight is 438 g/mol. The van der Waals surface area contributed by atoms with Crippen LogP contribution in [0.3, 0.4) is 0 Å². The van der Waals surface area contributed by atoms with Gasteiger partial charge in [0.15, 0.2) is 5.82 Å². The summed E-state index contributed by atoms with van der Waals surface area (Å²) in [6.07, 6.45) is 4.80. The Bertz CT molecular complexity index is 1040. The second-order valence-electron chi connectivity index (χ2n) is 7.72.